The fourth-order valence-electron chi connectivity index (χ4n) is 2.69. The van der Waals surface area contributed by atoms with Gasteiger partial charge in [-0.1, -0.05) is 28.1 Å². The van der Waals surface area contributed by atoms with Crippen molar-refractivity contribution in [2.45, 2.75) is 11.4 Å². The van der Waals surface area contributed by atoms with Gasteiger partial charge in [-0.05, 0) is 0 Å². The lowest BCUT2D eigenvalue weighted by atomic mass is 10.1. The molecule has 0 spiro atoms. The summed E-state index contributed by atoms with van der Waals surface area (Å²) in [4.78, 5) is 56.7. The number of carbonyl (C=O) groups is 4. The second-order valence-corrected chi connectivity index (χ2v) is 8.68. The highest BCUT2D eigenvalue weighted by Gasteiger charge is 2.55. The molecule has 3 heterocycles. The maximum Gasteiger partial charge on any atom is 0.512 e. The number of nitrogens with two attached hydrogens (primary N) is 1. The molecule has 17 heteroatoms. The van der Waals surface area contributed by atoms with E-state index >= 15 is 0 Å². The highest BCUT2D eigenvalue weighted by Crippen LogP contribution is 2.40. The van der Waals surface area contributed by atoms with Crippen LogP contribution in [-0.2, 0) is 28.7 Å². The van der Waals surface area contributed by atoms with Crippen molar-refractivity contribution in [3.8, 4) is 0 Å². The van der Waals surface area contributed by atoms with Crippen LogP contribution in [0.4, 0.5) is 9.93 Å². The molecule has 1 fully saturated rings. The Morgan fingerprint density at radius 1 is 1.41 bits per heavy atom. The number of thiazole rings is 1. The van der Waals surface area contributed by atoms with Gasteiger partial charge in [-0.15, -0.1) is 11.8 Å². The molecule has 14 nitrogen and oxygen atoms in total. The third-order valence-corrected chi connectivity index (χ3v) is 6.33. The summed E-state index contributed by atoms with van der Waals surface area (Å²) >= 11 is 8.06. The van der Waals surface area contributed by atoms with E-state index in [4.69, 9.17) is 32.3 Å². The van der Waals surface area contributed by atoms with Crippen LogP contribution in [0, 0.1) is 0 Å². The van der Waals surface area contributed by atoms with Crippen LogP contribution in [0.3, 0.4) is 0 Å². The first-order valence-corrected chi connectivity index (χ1v) is 10.7. The largest absolute Gasteiger partial charge is 0.512 e. The van der Waals surface area contributed by atoms with Crippen LogP contribution < -0.4 is 11.1 Å². The number of carboxylic acid groups (broad SMARTS) is 2. The van der Waals surface area contributed by atoms with Crippen molar-refractivity contribution in [1.29, 1.82) is 0 Å². The Labute approximate surface area is 191 Å². The van der Waals surface area contributed by atoms with Crippen LogP contribution in [-0.4, -0.2) is 80.6 Å². The van der Waals surface area contributed by atoms with Crippen molar-refractivity contribution in [2.24, 2.45) is 5.16 Å². The fraction of sp³-hybridized carbons (Fsp3) is 0.333. The number of oxime groups is 1. The van der Waals surface area contributed by atoms with E-state index in [2.05, 4.69) is 25.0 Å². The molecule has 0 bridgehead atoms. The molecule has 1 unspecified atom stereocenters. The lowest BCUT2D eigenvalue weighted by molar-refractivity contribution is -0.148. The molecule has 0 saturated carbocycles. The number of amides is 2. The Bertz CT molecular complexity index is 1040. The summed E-state index contributed by atoms with van der Waals surface area (Å²) in [6, 6.07) is -1.09. The third kappa shape index (κ3) is 4.66. The molecule has 2 aliphatic heterocycles. The molecular formula is C15H14ClN5O9S2. The summed E-state index contributed by atoms with van der Waals surface area (Å²) in [5, 5.41) is 22.9. The van der Waals surface area contributed by atoms with Gasteiger partial charge >= 0.3 is 12.1 Å². The Morgan fingerprint density at radius 3 is 2.69 bits per heavy atom. The lowest BCUT2D eigenvalue weighted by Gasteiger charge is -2.48. The normalized spacial score (nSPS) is 20.2. The minimum absolute atomic E-state index is 0.00579. The Balaban J connectivity index is 1.81. The standard InChI is InChI=1S/C15H14ClN5O9S2/c1-28-4-3-31-13-8(11(25)21(13)12(4)30-15(26)27)18-10(24)7(20-29-2-5(22)23)6-9(16)32-14(17)19-6/h8,13H,2-3H2,1H3,(H2,17,19)(H,18,24)(H,22,23)(H,26,27)/t8?,13-/m0/s1. The number of nitrogen functional groups attached to an aromatic ring is 1. The first-order valence-electron chi connectivity index (χ1n) is 8.41. The second-order valence-electron chi connectivity index (χ2n) is 5.94. The monoisotopic (exact) mass is 507 g/mol. The van der Waals surface area contributed by atoms with E-state index in [1.54, 1.807) is 0 Å². The molecule has 2 atom stereocenters. The van der Waals surface area contributed by atoms with Gasteiger partial charge in [0.25, 0.3) is 11.8 Å². The zero-order valence-corrected chi connectivity index (χ0v) is 18.3. The summed E-state index contributed by atoms with van der Waals surface area (Å²) in [6.07, 6.45) is -1.64. The van der Waals surface area contributed by atoms with Crippen molar-refractivity contribution < 1.29 is 43.7 Å². The second kappa shape index (κ2) is 9.49. The van der Waals surface area contributed by atoms with E-state index in [-0.39, 0.29) is 32.6 Å². The lowest BCUT2D eigenvalue weighted by Crippen LogP contribution is -2.70. The van der Waals surface area contributed by atoms with Gasteiger partial charge in [-0.3, -0.25) is 14.5 Å². The Morgan fingerprint density at radius 2 is 2.12 bits per heavy atom. The minimum atomic E-state index is -1.64. The van der Waals surface area contributed by atoms with Gasteiger partial charge in [-0.25, -0.2) is 14.6 Å². The molecule has 32 heavy (non-hydrogen) atoms. The maximum atomic E-state index is 12.8. The average Bonchev–Trinajstić information content (AvgIpc) is 3.05. The van der Waals surface area contributed by atoms with Crippen molar-refractivity contribution in [3.63, 3.8) is 0 Å². The Hall–Kier alpha value is -3.24. The number of hydrogen-bond acceptors (Lipinski definition) is 12. The molecule has 172 valence electrons. The summed E-state index contributed by atoms with van der Waals surface area (Å²) in [6.45, 7) is -0.844. The quantitative estimate of drug-likeness (QED) is 0.160. The van der Waals surface area contributed by atoms with Crippen LogP contribution in [0.1, 0.15) is 5.69 Å². The van der Waals surface area contributed by atoms with Crippen molar-refractivity contribution in [2.75, 3.05) is 25.2 Å². The zero-order chi connectivity index (χ0) is 23.6. The molecule has 1 aromatic rings. The topological polar surface area (TPSA) is 203 Å². The van der Waals surface area contributed by atoms with Gasteiger partial charge in [0.05, 0.1) is 12.9 Å². The first-order chi connectivity index (χ1) is 15.1. The summed E-state index contributed by atoms with van der Waals surface area (Å²) in [7, 11) is 1.30. The number of aromatic nitrogens is 1. The van der Waals surface area contributed by atoms with Gasteiger partial charge in [0.2, 0.25) is 12.5 Å². The molecule has 0 radical (unpaired) electrons. The molecule has 2 amide bonds. The van der Waals surface area contributed by atoms with Crippen molar-refractivity contribution >= 4 is 69.5 Å². The van der Waals surface area contributed by atoms with Crippen LogP contribution in [0.5, 0.6) is 0 Å². The number of ether oxygens (including phenoxy) is 2. The number of hydrogen-bond donors (Lipinski definition) is 4. The Kier molecular flexibility index (Phi) is 6.95. The summed E-state index contributed by atoms with van der Waals surface area (Å²) < 4.78 is 9.74. The number of nitrogens with zero attached hydrogens (tertiary/aromatic N) is 3. The molecule has 1 aromatic heterocycles. The average molecular weight is 508 g/mol. The summed E-state index contributed by atoms with van der Waals surface area (Å²) in [5.41, 5.74) is 4.93. The van der Waals surface area contributed by atoms with Crippen LogP contribution in [0.15, 0.2) is 16.8 Å². The van der Waals surface area contributed by atoms with Crippen molar-refractivity contribution in [1.82, 2.24) is 15.2 Å². The van der Waals surface area contributed by atoms with Gasteiger partial charge in [0.1, 0.15) is 21.4 Å². The smallest absolute Gasteiger partial charge is 0.495 e. The van der Waals surface area contributed by atoms with E-state index in [0.717, 1.165) is 16.2 Å². The number of nitrogens with one attached hydrogen (secondary N) is 1. The van der Waals surface area contributed by atoms with E-state index in [1.165, 1.54) is 18.9 Å². The third-order valence-electron chi connectivity index (χ3n) is 3.99. The first kappa shape index (κ1) is 23.4. The van der Waals surface area contributed by atoms with Gasteiger partial charge < -0.3 is 35.6 Å². The highest BCUT2D eigenvalue weighted by molar-refractivity contribution is 8.00. The molecule has 3 rings (SSSR count). The molecular weight excluding hydrogens is 494 g/mol. The number of carboxylic acids is 1. The molecule has 5 N–H and O–H groups in total. The minimum Gasteiger partial charge on any atom is -0.495 e. The number of β-lactam (4-membered cyclic amide) rings is 1. The maximum absolute atomic E-state index is 12.8. The SMILES string of the molecule is COC1=C(OC(=O)O)N2C(=O)C(NC(=O)C(=NOCC(=O)O)c3nc(N)sc3Cl)[C@@H]2SC1. The van der Waals surface area contributed by atoms with E-state index in [0.29, 0.717) is 0 Å². The number of thioether (sulfide) groups is 1. The van der Waals surface area contributed by atoms with Crippen LogP contribution in [0.25, 0.3) is 0 Å². The number of rotatable bonds is 8. The van der Waals surface area contributed by atoms with Gasteiger partial charge in [0.15, 0.2) is 16.6 Å². The molecule has 0 aliphatic carbocycles. The molecule has 2 aliphatic rings. The number of carbonyl (C=O) groups excluding carboxylic acids is 2. The fourth-order valence-corrected chi connectivity index (χ4v) is 4.91. The van der Waals surface area contributed by atoms with E-state index in [1.807, 2.05) is 0 Å². The number of aliphatic carboxylic acids is 1. The van der Waals surface area contributed by atoms with Crippen LogP contribution in [0.2, 0.25) is 4.34 Å². The number of fused-ring (bicyclic) bond motifs is 1. The van der Waals surface area contributed by atoms with E-state index in [9.17, 15) is 19.2 Å². The zero-order valence-electron chi connectivity index (χ0n) is 15.9. The summed E-state index contributed by atoms with van der Waals surface area (Å²) in [5.74, 6) is -2.92. The van der Waals surface area contributed by atoms with Crippen molar-refractivity contribution in [3.05, 3.63) is 21.7 Å². The number of methoxy groups -OCH3 is 1. The number of anilines is 1. The number of halogens is 1. The van der Waals surface area contributed by atoms with Gasteiger partial charge in [0, 0.05) is 0 Å². The van der Waals surface area contributed by atoms with E-state index < -0.39 is 47.7 Å². The highest BCUT2D eigenvalue weighted by atomic mass is 35.5. The van der Waals surface area contributed by atoms with Gasteiger partial charge in [-0.2, -0.15) is 0 Å². The van der Waals surface area contributed by atoms with Crippen LogP contribution >= 0.6 is 34.7 Å². The molecule has 1 saturated heterocycles. The predicted octanol–water partition coefficient (Wildman–Crippen LogP) is 0.0940. The predicted molar refractivity (Wildman–Crippen MR) is 110 cm³/mol. The molecule has 0 aromatic carbocycles.